The van der Waals surface area contributed by atoms with Crippen molar-refractivity contribution in [3.05, 3.63) is 36.5 Å². The van der Waals surface area contributed by atoms with Crippen molar-refractivity contribution in [3.8, 4) is 0 Å². The van der Waals surface area contributed by atoms with Crippen LogP contribution in [-0.4, -0.2) is 68.5 Å². The lowest BCUT2D eigenvalue weighted by Gasteiger charge is -2.29. The molecule has 0 spiro atoms. The van der Waals surface area contributed by atoms with Crippen LogP contribution >= 0.6 is 7.82 Å². The summed E-state index contributed by atoms with van der Waals surface area (Å²) in [5, 5.41) is 13.9. The third-order valence-corrected chi connectivity index (χ3v) is 14.5. The predicted molar refractivity (Wildman–Crippen MR) is 298 cm³/mol. The van der Waals surface area contributed by atoms with Crippen molar-refractivity contribution >= 4 is 13.7 Å². The fraction of sp³-hybridized carbons (Fsp3) is 0.883. The fourth-order valence-corrected chi connectivity index (χ4v) is 9.62. The molecule has 2 N–H and O–H groups in total. The molecule has 0 heterocycles. The Morgan fingerprint density at radius 3 is 1.17 bits per heavy atom. The summed E-state index contributed by atoms with van der Waals surface area (Å²) in [5.41, 5.74) is 0. The quantitative estimate of drug-likeness (QED) is 0.0272. The van der Waals surface area contributed by atoms with Crippen LogP contribution in [0.1, 0.15) is 290 Å². The molecule has 3 unspecified atom stereocenters. The molecule has 0 fully saturated rings. The molecule has 0 saturated heterocycles. The normalized spacial score (nSPS) is 14.1. The molecule has 1 amide bonds. The number of likely N-dealkylation sites (N-methyl/N-ethyl adjacent to an activating group) is 1. The van der Waals surface area contributed by atoms with Gasteiger partial charge in [0.15, 0.2) is 0 Å². The molecule has 0 aliphatic rings. The molecule has 0 saturated carbocycles. The van der Waals surface area contributed by atoms with Crippen LogP contribution in [0.15, 0.2) is 36.5 Å². The lowest BCUT2D eigenvalue weighted by Crippen LogP contribution is -2.45. The van der Waals surface area contributed by atoms with E-state index in [0.29, 0.717) is 17.4 Å². The second kappa shape index (κ2) is 51.6. The molecule has 0 rings (SSSR count). The topological polar surface area (TPSA) is 108 Å². The Morgan fingerprint density at radius 1 is 0.493 bits per heavy atom. The fourth-order valence-electron chi connectivity index (χ4n) is 8.89. The first kappa shape index (κ1) is 67.7. The number of allylic oxidation sites excluding steroid dienone is 5. The highest BCUT2D eigenvalue weighted by atomic mass is 31.2. The zero-order valence-corrected chi connectivity index (χ0v) is 47.4. The third kappa shape index (κ3) is 54.3. The van der Waals surface area contributed by atoms with Crippen LogP contribution in [0.3, 0.4) is 0 Å². The van der Waals surface area contributed by atoms with Gasteiger partial charge < -0.3 is 28.8 Å². The van der Waals surface area contributed by atoms with E-state index in [4.69, 9.17) is 9.05 Å². The summed E-state index contributed by atoms with van der Waals surface area (Å²) in [5.74, 6) is -0.206. The lowest BCUT2D eigenvalue weighted by atomic mass is 10.0. The van der Waals surface area contributed by atoms with Crippen LogP contribution in [-0.2, 0) is 18.4 Å². The number of nitrogens with one attached hydrogen (secondary N) is 1. The van der Waals surface area contributed by atoms with Gasteiger partial charge in [-0.25, -0.2) is 0 Å². The zero-order chi connectivity index (χ0) is 50.6. The van der Waals surface area contributed by atoms with Gasteiger partial charge >= 0.3 is 0 Å². The first-order chi connectivity index (χ1) is 33.5. The number of aliphatic hydroxyl groups excluding tert-OH is 1. The minimum Gasteiger partial charge on any atom is -0.756 e. The van der Waals surface area contributed by atoms with E-state index in [0.717, 1.165) is 44.9 Å². The van der Waals surface area contributed by atoms with Gasteiger partial charge in [0.25, 0.3) is 7.82 Å². The lowest BCUT2D eigenvalue weighted by molar-refractivity contribution is -0.870. The van der Waals surface area contributed by atoms with Crippen LogP contribution in [0.5, 0.6) is 0 Å². The van der Waals surface area contributed by atoms with Gasteiger partial charge in [0.05, 0.1) is 39.9 Å². The van der Waals surface area contributed by atoms with Crippen molar-refractivity contribution in [1.29, 1.82) is 0 Å². The standard InChI is InChI=1S/C60H117N2O6P/c1-6-8-10-12-14-16-18-20-22-24-26-28-30-31-32-34-36-38-40-42-44-46-48-50-52-54-60(64)61-58(57-68-69(65,66)67-56-55-62(3,4)5)59(63)53-51-49-47-45-43-41-39-37-35-33-29-27-25-23-21-19-17-15-13-11-9-7-2/h35,37,43,45,51,53,58-59,63H,6-34,36,38-42,44,46-50,52,54-57H2,1-5H3,(H-,61,64,65,66)/b37-35+,45-43+,53-51+. The highest BCUT2D eigenvalue weighted by molar-refractivity contribution is 7.45. The number of quaternary nitrogens is 1. The maximum atomic E-state index is 13.0. The molecule has 0 bridgehead atoms. The van der Waals surface area contributed by atoms with E-state index in [2.05, 4.69) is 43.5 Å². The number of hydrogen-bond acceptors (Lipinski definition) is 6. The highest BCUT2D eigenvalue weighted by Crippen LogP contribution is 2.38. The summed E-state index contributed by atoms with van der Waals surface area (Å²) in [6.07, 6.45) is 66.6. The summed E-state index contributed by atoms with van der Waals surface area (Å²) >= 11 is 0. The van der Waals surface area contributed by atoms with E-state index in [1.165, 1.54) is 225 Å². The maximum absolute atomic E-state index is 13.0. The molecular weight excluding hydrogens is 876 g/mol. The van der Waals surface area contributed by atoms with Gasteiger partial charge in [-0.1, -0.05) is 275 Å². The first-order valence-electron chi connectivity index (χ1n) is 29.9. The largest absolute Gasteiger partial charge is 0.756 e. The van der Waals surface area contributed by atoms with Crippen molar-refractivity contribution in [3.63, 3.8) is 0 Å². The molecule has 0 aromatic rings. The van der Waals surface area contributed by atoms with Gasteiger partial charge in [0.2, 0.25) is 5.91 Å². The van der Waals surface area contributed by atoms with Gasteiger partial charge in [-0.15, -0.1) is 0 Å². The average molecular weight is 994 g/mol. The zero-order valence-electron chi connectivity index (χ0n) is 46.5. The molecule has 0 radical (unpaired) electrons. The van der Waals surface area contributed by atoms with Crippen LogP contribution in [0, 0.1) is 0 Å². The van der Waals surface area contributed by atoms with Gasteiger partial charge in [0.1, 0.15) is 13.2 Å². The number of hydrogen-bond donors (Lipinski definition) is 2. The van der Waals surface area contributed by atoms with E-state index in [1.807, 2.05) is 27.2 Å². The Labute approximate surface area is 429 Å². The summed E-state index contributed by atoms with van der Waals surface area (Å²) in [4.78, 5) is 25.5. The minimum atomic E-state index is -4.61. The van der Waals surface area contributed by atoms with Gasteiger partial charge in [-0.2, -0.15) is 0 Å². The number of nitrogens with zero attached hydrogens (tertiary/aromatic N) is 1. The van der Waals surface area contributed by atoms with E-state index >= 15 is 0 Å². The van der Waals surface area contributed by atoms with Crippen molar-refractivity contribution in [1.82, 2.24) is 5.32 Å². The Morgan fingerprint density at radius 2 is 0.812 bits per heavy atom. The van der Waals surface area contributed by atoms with Crippen LogP contribution in [0.2, 0.25) is 0 Å². The van der Waals surface area contributed by atoms with Gasteiger partial charge in [-0.05, 0) is 44.9 Å². The van der Waals surface area contributed by atoms with Crippen molar-refractivity contribution < 1.29 is 32.9 Å². The van der Waals surface area contributed by atoms with E-state index < -0.39 is 26.6 Å². The Bertz CT molecular complexity index is 1220. The van der Waals surface area contributed by atoms with Crippen LogP contribution < -0.4 is 10.2 Å². The Hall–Kier alpha value is -1.28. The van der Waals surface area contributed by atoms with Crippen molar-refractivity contribution in [2.45, 2.75) is 302 Å². The van der Waals surface area contributed by atoms with E-state index in [-0.39, 0.29) is 12.5 Å². The summed E-state index contributed by atoms with van der Waals surface area (Å²) in [6, 6.07) is -0.908. The summed E-state index contributed by atoms with van der Waals surface area (Å²) in [7, 11) is 1.25. The molecule has 0 aromatic heterocycles. The number of phosphoric ester groups is 1. The van der Waals surface area contributed by atoms with E-state index in [9.17, 15) is 19.4 Å². The first-order valence-corrected chi connectivity index (χ1v) is 31.3. The second-order valence-electron chi connectivity index (χ2n) is 21.7. The third-order valence-electron chi connectivity index (χ3n) is 13.6. The van der Waals surface area contributed by atoms with E-state index in [1.54, 1.807) is 6.08 Å². The molecule has 69 heavy (non-hydrogen) atoms. The van der Waals surface area contributed by atoms with Gasteiger partial charge in [-0.3, -0.25) is 9.36 Å². The van der Waals surface area contributed by atoms with Crippen molar-refractivity contribution in [2.24, 2.45) is 0 Å². The average Bonchev–Trinajstić information content (AvgIpc) is 3.31. The number of phosphoric acid groups is 1. The molecule has 408 valence electrons. The SMILES string of the molecule is CCCCCCCCCCCCCC/C=C/CC/C=C/CC/C=C/C(O)C(COP(=O)([O-])OCC[N+](C)(C)C)NC(=O)CCCCCCCCCCCCCCCCCCCCCCCCCCC. The number of aliphatic hydroxyl groups is 1. The minimum absolute atomic E-state index is 0.00731. The Balaban J connectivity index is 4.22. The molecule has 3 atom stereocenters. The molecule has 0 aliphatic heterocycles. The number of rotatable bonds is 55. The molecule has 0 aromatic carbocycles. The summed E-state index contributed by atoms with van der Waals surface area (Å²) < 4.78 is 23.3. The summed E-state index contributed by atoms with van der Waals surface area (Å²) in [6.45, 7) is 4.66. The monoisotopic (exact) mass is 993 g/mol. The maximum Gasteiger partial charge on any atom is 0.268 e. The molecule has 0 aliphatic carbocycles. The van der Waals surface area contributed by atoms with Crippen LogP contribution in [0.25, 0.3) is 0 Å². The number of carbonyl (C=O) groups excluding carboxylic acids is 1. The highest BCUT2D eigenvalue weighted by Gasteiger charge is 2.23. The van der Waals surface area contributed by atoms with Crippen LogP contribution in [0.4, 0.5) is 0 Å². The van der Waals surface area contributed by atoms with Gasteiger partial charge in [0, 0.05) is 6.42 Å². The number of amides is 1. The van der Waals surface area contributed by atoms with Crippen molar-refractivity contribution in [2.75, 3.05) is 40.9 Å². The molecule has 8 nitrogen and oxygen atoms in total. The predicted octanol–water partition coefficient (Wildman–Crippen LogP) is 17.5. The number of unbranched alkanes of at least 4 members (excludes halogenated alkanes) is 38. The molecule has 9 heteroatoms. The Kier molecular flexibility index (Phi) is 50.7. The molecular formula is C60H117N2O6P. The second-order valence-corrected chi connectivity index (χ2v) is 23.1. The smallest absolute Gasteiger partial charge is 0.268 e. The number of carbonyl (C=O) groups is 1.